The first-order valence-electron chi connectivity index (χ1n) is 7.12. The van der Waals surface area contributed by atoms with E-state index in [-0.39, 0.29) is 11.9 Å². The minimum absolute atomic E-state index is 0.0557. The number of hydrogen-bond donors (Lipinski definition) is 1. The van der Waals surface area contributed by atoms with E-state index in [9.17, 15) is 4.79 Å². The van der Waals surface area contributed by atoms with Gasteiger partial charge in [0.25, 0.3) is 0 Å². The van der Waals surface area contributed by atoms with Crippen LogP contribution in [0, 0.1) is 5.92 Å². The quantitative estimate of drug-likeness (QED) is 0.801. The van der Waals surface area contributed by atoms with Crippen molar-refractivity contribution in [1.82, 2.24) is 15.1 Å². The predicted molar refractivity (Wildman–Crippen MR) is 75.6 cm³/mol. The maximum absolute atomic E-state index is 12.0. The average Bonchev–Trinajstić information content (AvgIpc) is 2.37. The first-order chi connectivity index (χ1) is 8.45. The lowest BCUT2D eigenvalue weighted by Crippen LogP contribution is -2.48. The number of nitrogens with zero attached hydrogens (tertiary/aromatic N) is 2. The lowest BCUT2D eigenvalue weighted by Gasteiger charge is -2.36. The number of amides is 1. The Balaban J connectivity index is 2.35. The standard InChI is InChI=1S/C14H29N3O/c1-11(2)16(5)10-13-6-8-17(9-7-13)14(18)12(3)15-4/h11-13,15H,6-10H2,1-5H3. The van der Waals surface area contributed by atoms with E-state index in [1.54, 1.807) is 0 Å². The smallest absolute Gasteiger partial charge is 0.239 e. The third-order valence-electron chi connectivity index (χ3n) is 4.16. The second-order valence-electron chi connectivity index (χ2n) is 5.81. The molecule has 1 unspecified atom stereocenters. The Morgan fingerprint density at radius 1 is 1.33 bits per heavy atom. The van der Waals surface area contributed by atoms with Gasteiger partial charge in [-0.3, -0.25) is 4.79 Å². The molecule has 1 saturated heterocycles. The summed E-state index contributed by atoms with van der Waals surface area (Å²) in [6, 6.07) is 0.550. The summed E-state index contributed by atoms with van der Waals surface area (Å²) >= 11 is 0. The van der Waals surface area contributed by atoms with E-state index in [1.165, 1.54) is 0 Å². The van der Waals surface area contributed by atoms with Crippen LogP contribution in [-0.4, -0.2) is 61.5 Å². The van der Waals surface area contributed by atoms with Crippen LogP contribution >= 0.6 is 0 Å². The fourth-order valence-electron chi connectivity index (χ4n) is 2.35. The molecule has 0 saturated carbocycles. The number of hydrogen-bond acceptors (Lipinski definition) is 3. The lowest BCUT2D eigenvalue weighted by molar-refractivity contribution is -0.134. The molecule has 4 heteroatoms. The topological polar surface area (TPSA) is 35.6 Å². The number of likely N-dealkylation sites (tertiary alicyclic amines) is 1. The summed E-state index contributed by atoms with van der Waals surface area (Å²) in [6.45, 7) is 9.38. The molecule has 1 amide bonds. The molecule has 0 aromatic carbocycles. The van der Waals surface area contributed by atoms with Crippen LogP contribution in [0.5, 0.6) is 0 Å². The van der Waals surface area contributed by atoms with Crippen molar-refractivity contribution in [1.29, 1.82) is 0 Å². The van der Waals surface area contributed by atoms with Crippen molar-refractivity contribution in [3.8, 4) is 0 Å². The predicted octanol–water partition coefficient (Wildman–Crippen LogP) is 1.17. The molecule has 0 bridgehead atoms. The highest BCUT2D eigenvalue weighted by Gasteiger charge is 2.26. The van der Waals surface area contributed by atoms with Crippen molar-refractivity contribution >= 4 is 5.91 Å². The van der Waals surface area contributed by atoms with E-state index in [4.69, 9.17) is 0 Å². The number of carbonyl (C=O) groups is 1. The van der Waals surface area contributed by atoms with Gasteiger partial charge in [0, 0.05) is 25.7 Å². The SMILES string of the molecule is CNC(C)C(=O)N1CCC(CN(C)C(C)C)CC1. The molecule has 1 heterocycles. The third kappa shape index (κ3) is 4.25. The van der Waals surface area contributed by atoms with Crippen LogP contribution in [0.25, 0.3) is 0 Å². The van der Waals surface area contributed by atoms with Crippen molar-refractivity contribution in [2.45, 2.75) is 45.7 Å². The molecule has 4 nitrogen and oxygen atoms in total. The summed E-state index contributed by atoms with van der Waals surface area (Å²) in [5.74, 6) is 0.986. The maximum atomic E-state index is 12.0. The summed E-state index contributed by atoms with van der Waals surface area (Å²) in [6.07, 6.45) is 2.28. The van der Waals surface area contributed by atoms with Crippen LogP contribution in [0.4, 0.5) is 0 Å². The Morgan fingerprint density at radius 2 is 1.89 bits per heavy atom. The molecule has 0 aliphatic carbocycles. The van der Waals surface area contributed by atoms with Crippen LogP contribution in [0.1, 0.15) is 33.6 Å². The minimum atomic E-state index is -0.0557. The van der Waals surface area contributed by atoms with Crippen LogP contribution in [0.3, 0.4) is 0 Å². The average molecular weight is 255 g/mol. The summed E-state index contributed by atoms with van der Waals surface area (Å²) < 4.78 is 0. The minimum Gasteiger partial charge on any atom is -0.341 e. The highest BCUT2D eigenvalue weighted by molar-refractivity contribution is 5.81. The van der Waals surface area contributed by atoms with Crippen LogP contribution in [0.2, 0.25) is 0 Å². The molecule has 1 N–H and O–H groups in total. The van der Waals surface area contributed by atoms with Gasteiger partial charge < -0.3 is 15.1 Å². The van der Waals surface area contributed by atoms with Crippen molar-refractivity contribution in [3.63, 3.8) is 0 Å². The number of likely N-dealkylation sites (N-methyl/N-ethyl adjacent to an activating group) is 1. The normalized spacial score (nSPS) is 19.6. The summed E-state index contributed by atoms with van der Waals surface area (Å²) in [7, 11) is 4.03. The summed E-state index contributed by atoms with van der Waals surface area (Å²) in [5, 5.41) is 3.02. The van der Waals surface area contributed by atoms with Gasteiger partial charge >= 0.3 is 0 Å². The number of nitrogens with one attached hydrogen (secondary N) is 1. The zero-order chi connectivity index (χ0) is 13.7. The van der Waals surface area contributed by atoms with Gasteiger partial charge in [0.1, 0.15) is 0 Å². The van der Waals surface area contributed by atoms with Crippen molar-refractivity contribution in [3.05, 3.63) is 0 Å². The fraction of sp³-hybridized carbons (Fsp3) is 0.929. The van der Waals surface area contributed by atoms with Crippen molar-refractivity contribution in [2.24, 2.45) is 5.92 Å². The molecule has 1 aliphatic rings. The Kier molecular flexibility index (Phi) is 6.09. The van der Waals surface area contributed by atoms with Crippen LogP contribution in [-0.2, 0) is 4.79 Å². The van der Waals surface area contributed by atoms with E-state index in [0.717, 1.165) is 38.4 Å². The van der Waals surface area contributed by atoms with Gasteiger partial charge in [-0.05, 0) is 53.6 Å². The number of carbonyl (C=O) groups excluding carboxylic acids is 1. The van der Waals surface area contributed by atoms with E-state index < -0.39 is 0 Å². The molecule has 1 aliphatic heterocycles. The largest absolute Gasteiger partial charge is 0.341 e. The molecule has 0 aromatic rings. The van der Waals surface area contributed by atoms with E-state index in [1.807, 2.05) is 18.9 Å². The molecule has 18 heavy (non-hydrogen) atoms. The second-order valence-corrected chi connectivity index (χ2v) is 5.81. The molecule has 106 valence electrons. The third-order valence-corrected chi connectivity index (χ3v) is 4.16. The van der Waals surface area contributed by atoms with E-state index in [2.05, 4.69) is 31.1 Å². The molecule has 1 fully saturated rings. The highest BCUT2D eigenvalue weighted by atomic mass is 16.2. The van der Waals surface area contributed by atoms with Crippen LogP contribution < -0.4 is 5.32 Å². The molecular weight excluding hydrogens is 226 g/mol. The molecule has 0 aromatic heterocycles. The van der Waals surface area contributed by atoms with Gasteiger partial charge in [-0.15, -0.1) is 0 Å². The summed E-state index contributed by atoms with van der Waals surface area (Å²) in [4.78, 5) is 16.4. The van der Waals surface area contributed by atoms with Gasteiger partial charge in [-0.2, -0.15) is 0 Å². The number of rotatable bonds is 5. The van der Waals surface area contributed by atoms with Gasteiger partial charge in [0.15, 0.2) is 0 Å². The molecule has 1 rings (SSSR count). The van der Waals surface area contributed by atoms with E-state index in [0.29, 0.717) is 6.04 Å². The Morgan fingerprint density at radius 3 is 2.33 bits per heavy atom. The zero-order valence-electron chi connectivity index (χ0n) is 12.6. The monoisotopic (exact) mass is 255 g/mol. The van der Waals surface area contributed by atoms with E-state index >= 15 is 0 Å². The Hall–Kier alpha value is -0.610. The zero-order valence-corrected chi connectivity index (χ0v) is 12.6. The van der Waals surface area contributed by atoms with Gasteiger partial charge in [0.05, 0.1) is 6.04 Å². The second kappa shape index (κ2) is 7.10. The van der Waals surface area contributed by atoms with Gasteiger partial charge in [-0.25, -0.2) is 0 Å². The molecular formula is C14H29N3O. The highest BCUT2D eigenvalue weighted by Crippen LogP contribution is 2.19. The summed E-state index contributed by atoms with van der Waals surface area (Å²) in [5.41, 5.74) is 0. The van der Waals surface area contributed by atoms with Crippen LogP contribution in [0.15, 0.2) is 0 Å². The lowest BCUT2D eigenvalue weighted by atomic mass is 9.95. The first kappa shape index (κ1) is 15.4. The Labute approximate surface area is 112 Å². The van der Waals surface area contributed by atoms with Gasteiger partial charge in [-0.1, -0.05) is 0 Å². The maximum Gasteiger partial charge on any atom is 0.239 e. The molecule has 0 spiro atoms. The van der Waals surface area contributed by atoms with Gasteiger partial charge in [0.2, 0.25) is 5.91 Å². The van der Waals surface area contributed by atoms with Crippen molar-refractivity contribution < 1.29 is 4.79 Å². The van der Waals surface area contributed by atoms with Crippen molar-refractivity contribution in [2.75, 3.05) is 33.7 Å². The Bertz CT molecular complexity index is 260. The molecule has 0 radical (unpaired) electrons. The fourth-order valence-corrected chi connectivity index (χ4v) is 2.35. The molecule has 1 atom stereocenters. The number of piperidine rings is 1. The first-order valence-corrected chi connectivity index (χ1v) is 7.12.